The number of carbonyl (C=O) groups is 3. The Morgan fingerprint density at radius 2 is 1.60 bits per heavy atom. The number of halogens is 1. The zero-order valence-electron chi connectivity index (χ0n) is 26.8. The highest BCUT2D eigenvalue weighted by atomic mass is 19.1. The van der Waals surface area contributed by atoms with Gasteiger partial charge in [-0.15, -0.1) is 5.10 Å². The lowest BCUT2D eigenvalue weighted by molar-refractivity contribution is -0.139. The summed E-state index contributed by atoms with van der Waals surface area (Å²) in [6.07, 6.45) is 4.84. The van der Waals surface area contributed by atoms with Crippen LogP contribution >= 0.6 is 0 Å². The van der Waals surface area contributed by atoms with Crippen LogP contribution in [0.4, 0.5) is 4.39 Å². The van der Waals surface area contributed by atoms with E-state index in [0.717, 1.165) is 31.2 Å². The molecule has 0 radical (unpaired) electrons. The van der Waals surface area contributed by atoms with Crippen LogP contribution < -0.4 is 10.6 Å². The summed E-state index contributed by atoms with van der Waals surface area (Å²) in [6.45, 7) is 5.42. The third kappa shape index (κ3) is 6.78. The fourth-order valence-electron chi connectivity index (χ4n) is 8.23. The summed E-state index contributed by atoms with van der Waals surface area (Å²) >= 11 is 0. The van der Waals surface area contributed by atoms with Crippen molar-refractivity contribution in [3.8, 4) is 11.3 Å². The quantitative estimate of drug-likeness (QED) is 0.437. The fraction of sp³-hybridized carbons (Fsp3) is 0.667. The van der Waals surface area contributed by atoms with Gasteiger partial charge in [-0.05, 0) is 69.7 Å². The van der Waals surface area contributed by atoms with Crippen LogP contribution in [0.1, 0.15) is 57.9 Å². The monoisotopic (exact) mass is 652 g/mol. The molecule has 6 fully saturated rings. The summed E-state index contributed by atoms with van der Waals surface area (Å²) < 4.78 is 20.9. The fourth-order valence-corrected chi connectivity index (χ4v) is 8.23. The van der Waals surface area contributed by atoms with Crippen molar-refractivity contribution in [2.24, 2.45) is 0 Å². The molecule has 1 aromatic carbocycles. The van der Waals surface area contributed by atoms with Gasteiger partial charge in [0.2, 0.25) is 17.7 Å². The lowest BCUT2D eigenvalue weighted by Crippen LogP contribution is -2.56. The minimum Gasteiger partial charge on any atom is -0.390 e. The van der Waals surface area contributed by atoms with E-state index in [0.29, 0.717) is 57.9 Å². The number of piperidine rings is 1. The van der Waals surface area contributed by atoms with Crippen LogP contribution in [0.2, 0.25) is 0 Å². The lowest BCUT2D eigenvalue weighted by atomic mass is 9.99. The van der Waals surface area contributed by atoms with Crippen molar-refractivity contribution >= 4 is 17.7 Å². The predicted octanol–water partition coefficient (Wildman–Crippen LogP) is 0.698. The Morgan fingerprint density at radius 3 is 2.34 bits per heavy atom. The largest absolute Gasteiger partial charge is 0.390 e. The normalized spacial score (nSPS) is 33.5. The number of ether oxygens (including phenoxy) is 1. The first-order valence-corrected chi connectivity index (χ1v) is 17.1. The van der Waals surface area contributed by atoms with Gasteiger partial charge in [-0.3, -0.25) is 24.2 Å². The van der Waals surface area contributed by atoms with E-state index in [1.54, 1.807) is 23.7 Å². The Balaban J connectivity index is 1.12. The maximum Gasteiger partial charge on any atom is 0.240 e. The Bertz CT molecular complexity index is 1440. The van der Waals surface area contributed by atoms with E-state index in [9.17, 15) is 23.9 Å². The highest BCUT2D eigenvalue weighted by molar-refractivity contribution is 5.84. The Kier molecular flexibility index (Phi) is 9.27. The smallest absolute Gasteiger partial charge is 0.240 e. The SMILES string of the molecule is C[C@@H]1NC(=O)[C@@H]2C[C@H](n3cc(-c4ccc(F)cc4)nn3)CN2C2CCN(CC2)C(=O)[C@@H]2C[C@H](CN2C2CCOCC2)NC(=O)C[C@@H]1O. The van der Waals surface area contributed by atoms with Gasteiger partial charge >= 0.3 is 0 Å². The second kappa shape index (κ2) is 13.6. The van der Waals surface area contributed by atoms with Crippen molar-refractivity contribution in [3.63, 3.8) is 0 Å². The number of benzene rings is 1. The number of aliphatic hydroxyl groups is 1. The van der Waals surface area contributed by atoms with Crippen molar-refractivity contribution in [2.75, 3.05) is 39.4 Å². The molecule has 0 aliphatic carbocycles. The first-order chi connectivity index (χ1) is 22.7. The molecular weight excluding hydrogens is 607 g/mol. The molecule has 6 atom stereocenters. The maximum absolute atomic E-state index is 14.1. The van der Waals surface area contributed by atoms with Gasteiger partial charge in [-0.1, -0.05) is 5.21 Å². The molecule has 1 aromatic heterocycles. The third-order valence-electron chi connectivity index (χ3n) is 10.9. The molecule has 13 nitrogen and oxygen atoms in total. The molecule has 47 heavy (non-hydrogen) atoms. The molecule has 3 N–H and O–H groups in total. The van der Waals surface area contributed by atoms with E-state index in [4.69, 9.17) is 4.74 Å². The van der Waals surface area contributed by atoms with Gasteiger partial charge in [0.05, 0.1) is 42.9 Å². The molecule has 6 aliphatic rings. The molecule has 0 spiro atoms. The van der Waals surface area contributed by atoms with Crippen LogP contribution in [0.5, 0.6) is 0 Å². The first-order valence-electron chi connectivity index (χ1n) is 17.1. The van der Waals surface area contributed by atoms with Crippen molar-refractivity contribution in [3.05, 3.63) is 36.3 Å². The Labute approximate surface area is 273 Å². The van der Waals surface area contributed by atoms with Crippen molar-refractivity contribution in [1.82, 2.24) is 40.3 Å². The predicted molar refractivity (Wildman–Crippen MR) is 168 cm³/mol. The number of hydrogen-bond acceptors (Lipinski definition) is 9. The second-order valence-corrected chi connectivity index (χ2v) is 13.9. The summed E-state index contributed by atoms with van der Waals surface area (Å²) in [5, 5.41) is 25.8. The summed E-state index contributed by atoms with van der Waals surface area (Å²) in [7, 11) is 0. The van der Waals surface area contributed by atoms with Crippen molar-refractivity contribution in [2.45, 2.75) is 100 Å². The number of carbonyl (C=O) groups excluding carboxylic acids is 3. The molecule has 7 heterocycles. The highest BCUT2D eigenvalue weighted by Gasteiger charge is 2.46. The number of hydrogen-bond donors (Lipinski definition) is 3. The summed E-state index contributed by atoms with van der Waals surface area (Å²) in [5.74, 6) is -0.711. The zero-order valence-corrected chi connectivity index (χ0v) is 26.8. The van der Waals surface area contributed by atoms with Crippen molar-refractivity contribution in [1.29, 1.82) is 0 Å². The topological polar surface area (TPSA) is 145 Å². The average molecular weight is 653 g/mol. The van der Waals surface area contributed by atoms with Gasteiger partial charge in [0.1, 0.15) is 11.5 Å². The van der Waals surface area contributed by atoms with Crippen LogP contribution in [0, 0.1) is 5.82 Å². The molecule has 0 saturated carbocycles. The molecule has 6 saturated heterocycles. The van der Waals surface area contributed by atoms with Gasteiger partial charge in [0.25, 0.3) is 0 Å². The van der Waals surface area contributed by atoms with E-state index >= 15 is 0 Å². The number of rotatable bonds is 3. The molecule has 4 bridgehead atoms. The zero-order chi connectivity index (χ0) is 32.7. The number of nitrogens with one attached hydrogen (secondary N) is 2. The number of fused-ring (bicyclic) bond motifs is 8. The molecular formula is C33H45FN8O5. The van der Waals surface area contributed by atoms with E-state index in [1.807, 2.05) is 11.1 Å². The maximum atomic E-state index is 14.1. The van der Waals surface area contributed by atoms with Crippen LogP contribution in [0.15, 0.2) is 30.5 Å². The molecule has 6 aliphatic heterocycles. The lowest BCUT2D eigenvalue weighted by Gasteiger charge is -2.41. The van der Waals surface area contributed by atoms with Gasteiger partial charge in [-0.25, -0.2) is 9.07 Å². The number of aromatic nitrogens is 3. The molecule has 254 valence electrons. The number of nitrogens with zero attached hydrogens (tertiary/aromatic N) is 6. The Hall–Kier alpha value is -3.46. The van der Waals surface area contributed by atoms with Gasteiger partial charge in [0.15, 0.2) is 0 Å². The van der Waals surface area contributed by atoms with Gasteiger partial charge < -0.3 is 25.4 Å². The minimum absolute atomic E-state index is 0.0852. The summed E-state index contributed by atoms with van der Waals surface area (Å²) in [5.41, 5.74) is 1.37. The van der Waals surface area contributed by atoms with E-state index < -0.39 is 18.2 Å². The van der Waals surface area contributed by atoms with Crippen molar-refractivity contribution < 1.29 is 28.6 Å². The van der Waals surface area contributed by atoms with Gasteiger partial charge in [0, 0.05) is 63.1 Å². The second-order valence-electron chi connectivity index (χ2n) is 13.9. The highest BCUT2D eigenvalue weighted by Crippen LogP contribution is 2.34. The van der Waals surface area contributed by atoms with Crippen LogP contribution in [-0.4, -0.2) is 134 Å². The van der Waals surface area contributed by atoms with Crippen LogP contribution in [0.25, 0.3) is 11.3 Å². The van der Waals surface area contributed by atoms with E-state index in [-0.39, 0.29) is 60.2 Å². The minimum atomic E-state index is -1.07. The van der Waals surface area contributed by atoms with E-state index in [1.165, 1.54) is 12.1 Å². The summed E-state index contributed by atoms with van der Waals surface area (Å²) in [6, 6.07) is 4.66. The van der Waals surface area contributed by atoms with E-state index in [2.05, 4.69) is 30.7 Å². The van der Waals surface area contributed by atoms with Gasteiger partial charge in [-0.2, -0.15) is 0 Å². The molecule has 2 aromatic rings. The number of amides is 3. The van der Waals surface area contributed by atoms with Crippen LogP contribution in [0.3, 0.4) is 0 Å². The molecule has 8 rings (SSSR count). The standard InChI is InChI=1S/C33H45FN8O5/c1-20-30(43)16-31(44)36-23-14-29(40(17-23)25-8-12-47-13-9-25)33(46)39-10-6-24(7-11-39)41-18-26(15-28(41)32(45)35-20)42-19-27(37-38-42)21-2-4-22(34)5-3-21/h2-5,19-20,23-26,28-30,43H,6-18H2,1H3,(H,35,45)(H,36,44)/t20-,23+,26-,28-,29-,30-/m0/s1. The average Bonchev–Trinajstić information content (AvgIpc) is 3.84. The molecule has 14 heteroatoms. The van der Waals surface area contributed by atoms with Crippen LogP contribution in [-0.2, 0) is 19.1 Å². The Morgan fingerprint density at radius 1 is 0.894 bits per heavy atom. The molecule has 3 amide bonds. The first kappa shape index (κ1) is 32.1. The number of aliphatic hydroxyl groups excluding tert-OH is 1. The molecule has 0 unspecified atom stereocenters. The third-order valence-corrected chi connectivity index (χ3v) is 10.9. The summed E-state index contributed by atoms with van der Waals surface area (Å²) in [4.78, 5) is 47.5. The number of likely N-dealkylation sites (tertiary alicyclic amines) is 1.